The van der Waals surface area contributed by atoms with E-state index in [-0.39, 0.29) is 11.8 Å². The fourth-order valence-electron chi connectivity index (χ4n) is 3.01. The van der Waals surface area contributed by atoms with Gasteiger partial charge in [-0.05, 0) is 55.9 Å². The molecule has 1 aliphatic rings. The summed E-state index contributed by atoms with van der Waals surface area (Å²) >= 11 is 3.34. The second kappa shape index (κ2) is 9.06. The minimum atomic E-state index is -0.145. The minimum absolute atomic E-state index is 0.0288. The molecule has 1 aromatic rings. The maximum absolute atomic E-state index is 12.0. The van der Waals surface area contributed by atoms with E-state index in [9.17, 15) is 9.59 Å². The zero-order valence-electron chi connectivity index (χ0n) is 13.6. The van der Waals surface area contributed by atoms with E-state index in [0.29, 0.717) is 24.6 Å². The fraction of sp³-hybridized carbons (Fsp3) is 0.556. The van der Waals surface area contributed by atoms with Crippen LogP contribution in [0.25, 0.3) is 0 Å². The molecule has 5 heteroatoms. The number of benzene rings is 1. The smallest absolute Gasteiger partial charge is 0.251 e. The lowest BCUT2D eigenvalue weighted by molar-refractivity contribution is -0.121. The van der Waals surface area contributed by atoms with Gasteiger partial charge in [-0.2, -0.15) is 0 Å². The van der Waals surface area contributed by atoms with Crippen LogP contribution >= 0.6 is 15.9 Å². The van der Waals surface area contributed by atoms with Gasteiger partial charge < -0.3 is 10.6 Å². The molecule has 1 fully saturated rings. The molecule has 1 saturated carbocycles. The Hall–Kier alpha value is -1.36. The van der Waals surface area contributed by atoms with E-state index in [4.69, 9.17) is 0 Å². The lowest BCUT2D eigenvalue weighted by Gasteiger charge is -2.28. The van der Waals surface area contributed by atoms with Crippen LogP contribution in [0, 0.1) is 5.92 Å². The first kappa shape index (κ1) is 18.0. The first-order valence-electron chi connectivity index (χ1n) is 8.41. The Morgan fingerprint density at radius 3 is 2.39 bits per heavy atom. The molecule has 0 bridgehead atoms. The predicted molar refractivity (Wildman–Crippen MR) is 95.3 cm³/mol. The molecule has 4 nitrogen and oxygen atoms in total. The first-order valence-corrected chi connectivity index (χ1v) is 9.21. The van der Waals surface area contributed by atoms with Crippen molar-refractivity contribution in [1.82, 2.24) is 10.6 Å². The first-order chi connectivity index (χ1) is 11.1. The van der Waals surface area contributed by atoms with Crippen LogP contribution in [-0.2, 0) is 4.79 Å². The van der Waals surface area contributed by atoms with Gasteiger partial charge >= 0.3 is 0 Å². The molecule has 0 aromatic heterocycles. The molecular weight excluding hydrogens is 356 g/mol. The second-order valence-electron chi connectivity index (χ2n) is 6.21. The van der Waals surface area contributed by atoms with Gasteiger partial charge in [0.2, 0.25) is 5.91 Å². The van der Waals surface area contributed by atoms with Crippen molar-refractivity contribution in [3.8, 4) is 0 Å². The third-order valence-corrected chi connectivity index (χ3v) is 5.06. The molecule has 0 unspecified atom stereocenters. The van der Waals surface area contributed by atoms with Crippen molar-refractivity contribution in [3.63, 3.8) is 0 Å². The average Bonchev–Trinajstić information content (AvgIpc) is 2.56. The van der Waals surface area contributed by atoms with Gasteiger partial charge in [0.25, 0.3) is 5.91 Å². The highest BCUT2D eigenvalue weighted by Gasteiger charge is 2.21. The standard InChI is InChI=1S/C18H25BrN2O2/c1-2-13-3-9-16(10-4-13)21-17(22)11-12-20-18(23)14-5-7-15(19)8-6-14/h5-8,13,16H,2-4,9-12H2,1H3,(H,20,23)(H,21,22). The predicted octanol–water partition coefficient (Wildman–Crippen LogP) is 3.65. The number of carbonyl (C=O) groups is 2. The van der Waals surface area contributed by atoms with Crippen molar-refractivity contribution in [3.05, 3.63) is 34.3 Å². The van der Waals surface area contributed by atoms with Crippen LogP contribution in [0.5, 0.6) is 0 Å². The molecule has 0 saturated heterocycles. The molecule has 1 aliphatic carbocycles. The van der Waals surface area contributed by atoms with E-state index in [2.05, 4.69) is 33.5 Å². The Morgan fingerprint density at radius 1 is 1.13 bits per heavy atom. The van der Waals surface area contributed by atoms with Crippen LogP contribution < -0.4 is 10.6 Å². The van der Waals surface area contributed by atoms with Gasteiger partial charge in [-0.3, -0.25) is 9.59 Å². The summed E-state index contributed by atoms with van der Waals surface area (Å²) in [6.07, 6.45) is 6.15. The van der Waals surface area contributed by atoms with Gasteiger partial charge in [0.1, 0.15) is 0 Å². The Morgan fingerprint density at radius 2 is 1.78 bits per heavy atom. The Labute approximate surface area is 146 Å². The molecular formula is C18H25BrN2O2. The maximum atomic E-state index is 12.0. The van der Waals surface area contributed by atoms with Gasteiger partial charge in [-0.1, -0.05) is 29.3 Å². The molecule has 0 atom stereocenters. The third kappa shape index (κ3) is 5.98. The largest absolute Gasteiger partial charge is 0.353 e. The van der Waals surface area contributed by atoms with Gasteiger partial charge in [-0.25, -0.2) is 0 Å². The van der Waals surface area contributed by atoms with Crippen LogP contribution in [0.4, 0.5) is 0 Å². The van der Waals surface area contributed by atoms with Crippen LogP contribution in [0.1, 0.15) is 55.8 Å². The third-order valence-electron chi connectivity index (χ3n) is 4.53. The molecule has 0 aliphatic heterocycles. The van der Waals surface area contributed by atoms with Crippen LogP contribution in [0.15, 0.2) is 28.7 Å². The van der Waals surface area contributed by atoms with Crippen LogP contribution in [0.3, 0.4) is 0 Å². The highest BCUT2D eigenvalue weighted by atomic mass is 79.9. The number of hydrogen-bond acceptors (Lipinski definition) is 2. The number of amides is 2. The summed E-state index contributed by atoms with van der Waals surface area (Å²) in [6.45, 7) is 2.60. The summed E-state index contributed by atoms with van der Waals surface area (Å²) in [6, 6.07) is 7.48. The summed E-state index contributed by atoms with van der Waals surface area (Å²) in [5.74, 6) is 0.711. The summed E-state index contributed by atoms with van der Waals surface area (Å²) in [4.78, 5) is 23.9. The Kier molecular flexibility index (Phi) is 7.09. The van der Waals surface area contributed by atoms with Crippen molar-refractivity contribution in [2.24, 2.45) is 5.92 Å². The number of rotatable bonds is 6. The maximum Gasteiger partial charge on any atom is 0.251 e. The van der Waals surface area contributed by atoms with Crippen molar-refractivity contribution >= 4 is 27.7 Å². The summed E-state index contributed by atoms with van der Waals surface area (Å²) in [5.41, 5.74) is 0.603. The monoisotopic (exact) mass is 380 g/mol. The molecule has 0 radical (unpaired) electrons. The fourth-order valence-corrected chi connectivity index (χ4v) is 3.27. The second-order valence-corrected chi connectivity index (χ2v) is 7.12. The number of carbonyl (C=O) groups excluding carboxylic acids is 2. The zero-order valence-corrected chi connectivity index (χ0v) is 15.2. The highest BCUT2D eigenvalue weighted by molar-refractivity contribution is 9.10. The van der Waals surface area contributed by atoms with Crippen LogP contribution in [-0.4, -0.2) is 24.4 Å². The number of halogens is 1. The molecule has 0 heterocycles. The molecule has 2 N–H and O–H groups in total. The molecule has 0 spiro atoms. The van der Waals surface area contributed by atoms with E-state index in [0.717, 1.165) is 23.2 Å². The lowest BCUT2D eigenvalue weighted by Crippen LogP contribution is -2.39. The molecule has 1 aromatic carbocycles. The summed E-state index contributed by atoms with van der Waals surface area (Å²) in [7, 11) is 0. The molecule has 2 amide bonds. The average molecular weight is 381 g/mol. The Bertz CT molecular complexity index is 522. The van der Waals surface area contributed by atoms with Crippen molar-refractivity contribution in [2.45, 2.75) is 51.5 Å². The summed E-state index contributed by atoms with van der Waals surface area (Å²) < 4.78 is 0.936. The van der Waals surface area contributed by atoms with Gasteiger partial charge in [0.15, 0.2) is 0 Å². The van der Waals surface area contributed by atoms with Crippen molar-refractivity contribution in [2.75, 3.05) is 6.54 Å². The normalized spacial score (nSPS) is 20.8. The Balaban J connectivity index is 1.65. The van der Waals surface area contributed by atoms with Gasteiger partial charge in [-0.15, -0.1) is 0 Å². The van der Waals surface area contributed by atoms with Crippen molar-refractivity contribution < 1.29 is 9.59 Å². The topological polar surface area (TPSA) is 58.2 Å². The number of hydrogen-bond donors (Lipinski definition) is 2. The van der Waals surface area contributed by atoms with Crippen LogP contribution in [0.2, 0.25) is 0 Å². The highest BCUT2D eigenvalue weighted by Crippen LogP contribution is 2.26. The van der Waals surface area contributed by atoms with E-state index >= 15 is 0 Å². The molecule has 23 heavy (non-hydrogen) atoms. The molecule has 2 rings (SSSR count). The van der Waals surface area contributed by atoms with Crippen molar-refractivity contribution in [1.29, 1.82) is 0 Å². The zero-order chi connectivity index (χ0) is 16.7. The van der Waals surface area contributed by atoms with E-state index in [1.54, 1.807) is 12.1 Å². The summed E-state index contributed by atoms with van der Waals surface area (Å²) in [5, 5.41) is 5.88. The van der Waals surface area contributed by atoms with Gasteiger partial charge in [0, 0.05) is 29.0 Å². The quantitative estimate of drug-likeness (QED) is 0.790. The number of nitrogens with one attached hydrogen (secondary N) is 2. The van der Waals surface area contributed by atoms with Gasteiger partial charge in [0.05, 0.1) is 0 Å². The van der Waals surface area contributed by atoms with E-state index in [1.807, 2.05) is 12.1 Å². The van der Waals surface area contributed by atoms with E-state index in [1.165, 1.54) is 19.3 Å². The molecule has 126 valence electrons. The SMILES string of the molecule is CCC1CCC(NC(=O)CCNC(=O)c2ccc(Br)cc2)CC1. The lowest BCUT2D eigenvalue weighted by atomic mass is 9.84. The minimum Gasteiger partial charge on any atom is -0.353 e. The van der Waals surface area contributed by atoms with E-state index < -0.39 is 0 Å².